The van der Waals surface area contributed by atoms with Crippen LogP contribution in [0, 0.1) is 5.92 Å². The van der Waals surface area contributed by atoms with Gasteiger partial charge in [0.05, 0.1) is 0 Å². The molecule has 0 aliphatic carbocycles. The van der Waals surface area contributed by atoms with Crippen molar-refractivity contribution in [2.75, 3.05) is 31.1 Å². The summed E-state index contributed by atoms with van der Waals surface area (Å²) in [5, 5.41) is 5.31. The topological polar surface area (TPSA) is 53.6 Å². The summed E-state index contributed by atoms with van der Waals surface area (Å²) < 4.78 is 1.12. The third-order valence-corrected chi connectivity index (χ3v) is 5.72. The standard InChI is InChI=1S/C18H23BrN4S.HI/c19-15-3-5-16(6-4-15)23-10-8-14(13-23)12-22-18(20)21-9-7-17-2-1-11-24-17;/h1-6,11,14H,7-10,12-13H2,(H3,20,21,22);1H. The van der Waals surface area contributed by atoms with Crippen LogP contribution >= 0.6 is 51.2 Å². The Morgan fingerprint density at radius 1 is 1.32 bits per heavy atom. The van der Waals surface area contributed by atoms with Crippen molar-refractivity contribution in [2.24, 2.45) is 16.6 Å². The Morgan fingerprint density at radius 3 is 2.84 bits per heavy atom. The highest BCUT2D eigenvalue weighted by Crippen LogP contribution is 2.25. The molecule has 1 aromatic carbocycles. The lowest BCUT2D eigenvalue weighted by Crippen LogP contribution is -2.33. The van der Waals surface area contributed by atoms with E-state index in [9.17, 15) is 0 Å². The molecule has 1 aliphatic rings. The van der Waals surface area contributed by atoms with E-state index in [-0.39, 0.29) is 24.0 Å². The van der Waals surface area contributed by atoms with E-state index in [2.05, 4.69) is 72.9 Å². The first-order chi connectivity index (χ1) is 11.7. The van der Waals surface area contributed by atoms with E-state index in [1.807, 2.05) is 0 Å². The predicted molar refractivity (Wildman–Crippen MR) is 122 cm³/mol. The van der Waals surface area contributed by atoms with Crippen LogP contribution in [0.25, 0.3) is 0 Å². The molecule has 25 heavy (non-hydrogen) atoms. The molecule has 3 N–H and O–H groups in total. The van der Waals surface area contributed by atoms with Crippen molar-refractivity contribution in [3.05, 3.63) is 51.1 Å². The van der Waals surface area contributed by atoms with Crippen molar-refractivity contribution in [2.45, 2.75) is 12.8 Å². The zero-order valence-corrected chi connectivity index (χ0v) is 18.8. The van der Waals surface area contributed by atoms with Crippen molar-refractivity contribution in [1.29, 1.82) is 0 Å². The second-order valence-electron chi connectivity index (χ2n) is 6.06. The molecule has 1 unspecified atom stereocenters. The molecule has 136 valence electrons. The van der Waals surface area contributed by atoms with Crippen molar-refractivity contribution < 1.29 is 0 Å². The first-order valence-corrected chi connectivity index (χ1v) is 9.94. The van der Waals surface area contributed by atoms with Gasteiger partial charge in [-0.05, 0) is 54.5 Å². The van der Waals surface area contributed by atoms with E-state index in [0.717, 1.165) is 37.1 Å². The van der Waals surface area contributed by atoms with Gasteiger partial charge in [0.15, 0.2) is 5.96 Å². The second-order valence-corrected chi connectivity index (χ2v) is 8.01. The summed E-state index contributed by atoms with van der Waals surface area (Å²) in [5.74, 6) is 1.14. The van der Waals surface area contributed by atoms with Crippen molar-refractivity contribution in [1.82, 2.24) is 5.32 Å². The van der Waals surface area contributed by atoms with Gasteiger partial charge in [0.25, 0.3) is 0 Å². The molecule has 0 spiro atoms. The van der Waals surface area contributed by atoms with Gasteiger partial charge in [0.1, 0.15) is 0 Å². The fraction of sp³-hybridized carbons (Fsp3) is 0.389. The van der Waals surface area contributed by atoms with E-state index in [0.29, 0.717) is 11.9 Å². The Bertz CT molecular complexity index is 660. The highest BCUT2D eigenvalue weighted by molar-refractivity contribution is 14.0. The normalized spacial score (nSPS) is 17.4. The van der Waals surface area contributed by atoms with Gasteiger partial charge in [-0.2, -0.15) is 0 Å². The van der Waals surface area contributed by atoms with Gasteiger partial charge >= 0.3 is 0 Å². The van der Waals surface area contributed by atoms with Gasteiger partial charge in [-0.1, -0.05) is 22.0 Å². The monoisotopic (exact) mass is 534 g/mol. The van der Waals surface area contributed by atoms with E-state index < -0.39 is 0 Å². The number of halogens is 2. The Kier molecular flexibility index (Phi) is 8.51. The minimum absolute atomic E-state index is 0. The molecule has 2 aromatic rings. The van der Waals surface area contributed by atoms with E-state index in [1.165, 1.54) is 17.0 Å². The van der Waals surface area contributed by atoms with Crippen molar-refractivity contribution in [3.8, 4) is 0 Å². The number of anilines is 1. The van der Waals surface area contributed by atoms with Gasteiger partial charge in [-0.25, -0.2) is 0 Å². The number of nitrogens with one attached hydrogen (secondary N) is 1. The number of hydrogen-bond donors (Lipinski definition) is 2. The fourth-order valence-electron chi connectivity index (χ4n) is 2.92. The number of aliphatic imine (C=N–C) groups is 1. The average Bonchev–Trinajstić information content (AvgIpc) is 3.25. The van der Waals surface area contributed by atoms with Crippen LogP contribution in [0.3, 0.4) is 0 Å². The summed E-state index contributed by atoms with van der Waals surface area (Å²) in [5.41, 5.74) is 7.26. The molecular formula is C18H24BrIN4S. The lowest BCUT2D eigenvalue weighted by atomic mass is 10.1. The van der Waals surface area contributed by atoms with E-state index in [4.69, 9.17) is 5.73 Å². The van der Waals surface area contributed by atoms with Gasteiger partial charge in [-0.15, -0.1) is 35.3 Å². The predicted octanol–water partition coefficient (Wildman–Crippen LogP) is 4.10. The zero-order valence-electron chi connectivity index (χ0n) is 14.0. The molecule has 0 amide bonds. The molecule has 4 nitrogen and oxygen atoms in total. The molecule has 1 atom stereocenters. The highest BCUT2D eigenvalue weighted by Gasteiger charge is 2.22. The van der Waals surface area contributed by atoms with Gasteiger partial charge in [0.2, 0.25) is 0 Å². The molecule has 0 bridgehead atoms. The molecule has 1 saturated heterocycles. The maximum Gasteiger partial charge on any atom is 0.188 e. The maximum atomic E-state index is 5.98. The van der Waals surface area contributed by atoms with Crippen LogP contribution < -0.4 is 16.0 Å². The molecule has 0 saturated carbocycles. The number of nitrogens with zero attached hydrogens (tertiary/aromatic N) is 2. The number of hydrogen-bond acceptors (Lipinski definition) is 3. The first-order valence-electron chi connectivity index (χ1n) is 8.27. The van der Waals surface area contributed by atoms with Crippen LogP contribution in [0.4, 0.5) is 5.69 Å². The summed E-state index contributed by atoms with van der Waals surface area (Å²) in [7, 11) is 0. The number of rotatable bonds is 6. The molecule has 7 heteroatoms. The third kappa shape index (κ3) is 6.45. The maximum absolute atomic E-state index is 5.98. The summed E-state index contributed by atoms with van der Waals surface area (Å²) in [6.45, 7) is 3.78. The van der Waals surface area contributed by atoms with Gasteiger partial charge in [0, 0.05) is 41.2 Å². The van der Waals surface area contributed by atoms with Crippen LogP contribution in [0.1, 0.15) is 11.3 Å². The van der Waals surface area contributed by atoms with Crippen molar-refractivity contribution >= 4 is 62.9 Å². The van der Waals surface area contributed by atoms with Crippen LogP contribution in [-0.4, -0.2) is 32.1 Å². The number of benzene rings is 1. The van der Waals surface area contributed by atoms with Crippen LogP contribution in [0.15, 0.2) is 51.2 Å². The lowest BCUT2D eigenvalue weighted by Gasteiger charge is -2.18. The largest absolute Gasteiger partial charge is 0.371 e. The van der Waals surface area contributed by atoms with Crippen LogP contribution in [0.2, 0.25) is 0 Å². The molecule has 1 fully saturated rings. The summed E-state index contributed by atoms with van der Waals surface area (Å²) in [6.07, 6.45) is 2.16. The minimum Gasteiger partial charge on any atom is -0.371 e. The smallest absolute Gasteiger partial charge is 0.188 e. The van der Waals surface area contributed by atoms with E-state index >= 15 is 0 Å². The Morgan fingerprint density at radius 2 is 2.12 bits per heavy atom. The summed E-state index contributed by atoms with van der Waals surface area (Å²) >= 11 is 5.26. The average molecular weight is 535 g/mol. The molecule has 2 heterocycles. The fourth-order valence-corrected chi connectivity index (χ4v) is 3.89. The summed E-state index contributed by atoms with van der Waals surface area (Å²) in [6, 6.07) is 12.7. The summed E-state index contributed by atoms with van der Waals surface area (Å²) in [4.78, 5) is 8.31. The quantitative estimate of drug-likeness (QED) is 0.333. The Hall–Kier alpha value is -0.800. The molecule has 3 rings (SSSR count). The van der Waals surface area contributed by atoms with Crippen molar-refractivity contribution in [3.63, 3.8) is 0 Å². The number of nitrogens with two attached hydrogens (primary N) is 1. The third-order valence-electron chi connectivity index (χ3n) is 4.26. The Balaban J connectivity index is 0.00000225. The van der Waals surface area contributed by atoms with Gasteiger partial charge < -0.3 is 16.0 Å². The molecular weight excluding hydrogens is 511 g/mol. The SMILES string of the molecule is I.NC(=NCC1CCN(c2ccc(Br)cc2)C1)NCCc1cccs1. The molecule has 1 aliphatic heterocycles. The zero-order chi connectivity index (χ0) is 16.8. The second kappa shape index (κ2) is 10.4. The first kappa shape index (κ1) is 20.5. The van der Waals surface area contributed by atoms with E-state index in [1.54, 1.807) is 11.3 Å². The minimum atomic E-state index is 0. The molecule has 1 aromatic heterocycles. The van der Waals surface area contributed by atoms with Crippen LogP contribution in [-0.2, 0) is 6.42 Å². The Labute approximate surface area is 179 Å². The number of guanidine groups is 1. The van der Waals surface area contributed by atoms with Gasteiger partial charge in [-0.3, -0.25) is 4.99 Å². The molecule has 0 radical (unpaired) electrons. The highest BCUT2D eigenvalue weighted by atomic mass is 127. The van der Waals surface area contributed by atoms with Crippen LogP contribution in [0.5, 0.6) is 0 Å². The number of thiophene rings is 1. The lowest BCUT2D eigenvalue weighted by molar-refractivity contribution is 0.601.